The third kappa shape index (κ3) is 3.84. The van der Waals surface area contributed by atoms with Crippen LogP contribution in [0.4, 0.5) is 0 Å². The van der Waals surface area contributed by atoms with Crippen molar-refractivity contribution < 1.29 is 23.1 Å². The molecule has 0 aromatic heterocycles. The van der Waals surface area contributed by atoms with Crippen molar-refractivity contribution in [1.82, 2.24) is 4.31 Å². The zero-order valence-corrected chi connectivity index (χ0v) is 12.7. The number of nitrogens with zero attached hydrogens (tertiary/aromatic N) is 1. The largest absolute Gasteiger partial charge is 0.495 e. The van der Waals surface area contributed by atoms with Crippen LogP contribution in [0.3, 0.4) is 0 Å². The Hall–Kier alpha value is -1.31. The molecule has 8 heteroatoms. The molecule has 0 aliphatic rings. The van der Waals surface area contributed by atoms with Gasteiger partial charge in [0.1, 0.15) is 5.75 Å². The molecule has 0 bridgehead atoms. The summed E-state index contributed by atoms with van der Waals surface area (Å²) in [7, 11) is -2.33. The summed E-state index contributed by atoms with van der Waals surface area (Å²) in [6, 6.07) is 4.13. The second-order valence-electron chi connectivity index (χ2n) is 3.94. The highest BCUT2D eigenvalue weighted by Crippen LogP contribution is 2.28. The molecule has 6 nitrogen and oxygen atoms in total. The van der Waals surface area contributed by atoms with E-state index < -0.39 is 16.0 Å². The first-order valence-electron chi connectivity index (χ1n) is 5.88. The summed E-state index contributed by atoms with van der Waals surface area (Å²) in [5, 5.41) is 8.83. The van der Waals surface area contributed by atoms with E-state index in [-0.39, 0.29) is 29.4 Å². The summed E-state index contributed by atoms with van der Waals surface area (Å²) in [5.41, 5.74) is 0. The summed E-state index contributed by atoms with van der Waals surface area (Å²) in [6.45, 7) is 1.74. The molecule has 20 heavy (non-hydrogen) atoms. The number of benzene rings is 1. The van der Waals surface area contributed by atoms with Crippen LogP contribution in [0.2, 0.25) is 5.02 Å². The van der Waals surface area contributed by atoms with E-state index >= 15 is 0 Å². The maximum Gasteiger partial charge on any atom is 0.304 e. The number of hydrogen-bond acceptors (Lipinski definition) is 4. The van der Waals surface area contributed by atoms with Crippen LogP contribution in [0.1, 0.15) is 13.3 Å². The number of carboxylic acid groups (broad SMARTS) is 1. The van der Waals surface area contributed by atoms with Crippen molar-refractivity contribution in [1.29, 1.82) is 0 Å². The average Bonchev–Trinajstić information content (AvgIpc) is 2.38. The Morgan fingerprint density at radius 1 is 1.45 bits per heavy atom. The van der Waals surface area contributed by atoms with Gasteiger partial charge in [0.2, 0.25) is 10.0 Å². The van der Waals surface area contributed by atoms with Crippen molar-refractivity contribution in [2.45, 2.75) is 18.2 Å². The second-order valence-corrected chi connectivity index (χ2v) is 6.28. The minimum atomic E-state index is -3.76. The van der Waals surface area contributed by atoms with Gasteiger partial charge < -0.3 is 9.84 Å². The van der Waals surface area contributed by atoms with Gasteiger partial charge in [-0.1, -0.05) is 18.5 Å². The van der Waals surface area contributed by atoms with Gasteiger partial charge in [0.15, 0.2) is 0 Å². The lowest BCUT2D eigenvalue weighted by Crippen LogP contribution is -2.32. The van der Waals surface area contributed by atoms with E-state index in [1.54, 1.807) is 6.92 Å². The van der Waals surface area contributed by atoms with Crippen molar-refractivity contribution in [3.05, 3.63) is 23.2 Å². The number of sulfonamides is 1. The van der Waals surface area contributed by atoms with Crippen LogP contribution in [0.25, 0.3) is 0 Å². The zero-order chi connectivity index (χ0) is 15.3. The van der Waals surface area contributed by atoms with Crippen molar-refractivity contribution in [3.63, 3.8) is 0 Å². The van der Waals surface area contributed by atoms with E-state index in [1.807, 2.05) is 0 Å². The van der Waals surface area contributed by atoms with Gasteiger partial charge in [-0.3, -0.25) is 4.79 Å². The molecule has 1 rings (SSSR count). The van der Waals surface area contributed by atoms with Crippen molar-refractivity contribution in [3.8, 4) is 5.75 Å². The molecule has 1 N–H and O–H groups in total. The van der Waals surface area contributed by atoms with Gasteiger partial charge in [-0.15, -0.1) is 0 Å². The molecule has 0 unspecified atom stereocenters. The smallest absolute Gasteiger partial charge is 0.304 e. The van der Waals surface area contributed by atoms with Crippen LogP contribution in [0, 0.1) is 0 Å². The van der Waals surface area contributed by atoms with Crippen molar-refractivity contribution in [2.75, 3.05) is 20.2 Å². The molecule has 1 aromatic carbocycles. The number of aliphatic carboxylic acids is 1. The van der Waals surface area contributed by atoms with E-state index in [1.165, 1.54) is 25.3 Å². The van der Waals surface area contributed by atoms with Crippen LogP contribution in [0.15, 0.2) is 23.1 Å². The minimum Gasteiger partial charge on any atom is -0.495 e. The van der Waals surface area contributed by atoms with Gasteiger partial charge >= 0.3 is 5.97 Å². The van der Waals surface area contributed by atoms with E-state index in [0.717, 1.165) is 4.31 Å². The third-order valence-electron chi connectivity index (χ3n) is 2.69. The number of hydrogen-bond donors (Lipinski definition) is 1. The summed E-state index contributed by atoms with van der Waals surface area (Å²) >= 11 is 5.91. The third-order valence-corrected chi connectivity index (χ3v) is 4.95. The fourth-order valence-corrected chi connectivity index (χ4v) is 3.42. The molecule has 0 spiro atoms. The number of carbonyl (C=O) groups is 1. The maximum absolute atomic E-state index is 12.4. The SMILES string of the molecule is CCN(CCC(=O)O)S(=O)(=O)c1ccc(OC)c(Cl)c1. The lowest BCUT2D eigenvalue weighted by Gasteiger charge is -2.20. The lowest BCUT2D eigenvalue weighted by atomic mass is 10.3. The highest BCUT2D eigenvalue weighted by molar-refractivity contribution is 7.89. The monoisotopic (exact) mass is 321 g/mol. The molecule has 0 saturated carbocycles. The topological polar surface area (TPSA) is 83.9 Å². The molecule has 1 aromatic rings. The zero-order valence-electron chi connectivity index (χ0n) is 11.2. The van der Waals surface area contributed by atoms with E-state index in [2.05, 4.69) is 0 Å². The molecule has 0 saturated heterocycles. The Labute approximate surface area is 123 Å². The first-order chi connectivity index (χ1) is 9.32. The van der Waals surface area contributed by atoms with Crippen LogP contribution in [0.5, 0.6) is 5.75 Å². The summed E-state index contributed by atoms with van der Waals surface area (Å²) in [6.07, 6.45) is -0.253. The van der Waals surface area contributed by atoms with E-state index in [0.29, 0.717) is 5.75 Å². The average molecular weight is 322 g/mol. The Morgan fingerprint density at radius 3 is 2.55 bits per heavy atom. The molecule has 0 atom stereocenters. The van der Waals surface area contributed by atoms with Crippen LogP contribution < -0.4 is 4.74 Å². The Balaban J connectivity index is 3.07. The van der Waals surface area contributed by atoms with Gasteiger partial charge in [0.25, 0.3) is 0 Å². The molecule has 0 aliphatic carbocycles. The predicted molar refractivity (Wildman–Crippen MR) is 74.7 cm³/mol. The van der Waals surface area contributed by atoms with Gasteiger partial charge in [-0.2, -0.15) is 4.31 Å². The predicted octanol–water partition coefficient (Wildman–Crippen LogP) is 1.83. The summed E-state index contributed by atoms with van der Waals surface area (Å²) in [5.74, 6) is -0.675. The Morgan fingerprint density at radius 2 is 2.10 bits per heavy atom. The quantitative estimate of drug-likeness (QED) is 0.828. The van der Waals surface area contributed by atoms with Gasteiger partial charge in [0.05, 0.1) is 23.4 Å². The molecular weight excluding hydrogens is 306 g/mol. The molecule has 0 aliphatic heterocycles. The molecule has 0 amide bonds. The molecule has 0 fully saturated rings. The minimum absolute atomic E-state index is 0.00976. The number of ether oxygens (including phenoxy) is 1. The standard InChI is InChI=1S/C12H16ClNO5S/c1-3-14(7-6-12(15)16)20(17,18)9-4-5-11(19-2)10(13)8-9/h4-5,8H,3,6-7H2,1-2H3,(H,15,16). The second kappa shape index (κ2) is 6.92. The van der Waals surface area contributed by atoms with Crippen LogP contribution in [-0.4, -0.2) is 44.0 Å². The fraction of sp³-hybridized carbons (Fsp3) is 0.417. The van der Waals surface area contributed by atoms with Gasteiger partial charge in [-0.05, 0) is 18.2 Å². The maximum atomic E-state index is 12.4. The first kappa shape index (κ1) is 16.7. The van der Waals surface area contributed by atoms with Gasteiger partial charge in [-0.25, -0.2) is 8.42 Å². The highest BCUT2D eigenvalue weighted by Gasteiger charge is 2.24. The number of rotatable bonds is 7. The van der Waals surface area contributed by atoms with Crippen molar-refractivity contribution >= 4 is 27.6 Å². The molecule has 112 valence electrons. The molecule has 0 radical (unpaired) electrons. The van der Waals surface area contributed by atoms with Crippen LogP contribution in [-0.2, 0) is 14.8 Å². The molecular formula is C12H16ClNO5S. The lowest BCUT2D eigenvalue weighted by molar-refractivity contribution is -0.137. The molecule has 0 heterocycles. The summed E-state index contributed by atoms with van der Waals surface area (Å²) < 4.78 is 30.8. The van der Waals surface area contributed by atoms with E-state index in [9.17, 15) is 13.2 Å². The summed E-state index contributed by atoms with van der Waals surface area (Å²) in [4.78, 5) is 10.6. The van der Waals surface area contributed by atoms with Crippen molar-refractivity contribution in [2.24, 2.45) is 0 Å². The van der Waals surface area contributed by atoms with Gasteiger partial charge in [0, 0.05) is 13.1 Å². The number of halogens is 1. The first-order valence-corrected chi connectivity index (χ1v) is 7.70. The Kier molecular flexibility index (Phi) is 5.79. The Bertz CT molecular complexity index is 588. The fourth-order valence-electron chi connectivity index (χ4n) is 1.63. The van der Waals surface area contributed by atoms with E-state index in [4.69, 9.17) is 21.4 Å². The van der Waals surface area contributed by atoms with Crippen LogP contribution >= 0.6 is 11.6 Å². The number of methoxy groups -OCH3 is 1. The normalized spacial score (nSPS) is 11.6. The number of carboxylic acids is 1. The highest BCUT2D eigenvalue weighted by atomic mass is 35.5.